The number of nitrogens with two attached hydrogens (primary N) is 1. The second-order valence-corrected chi connectivity index (χ2v) is 4.92. The highest BCUT2D eigenvalue weighted by atomic mass is 35.5. The van der Waals surface area contributed by atoms with Gasteiger partial charge in [-0.1, -0.05) is 17.7 Å². The Morgan fingerprint density at radius 2 is 2.00 bits per heavy atom. The molecule has 2 aromatic rings. The number of benzene rings is 1. The number of nitrogens with zero attached hydrogens (tertiary/aromatic N) is 1. The van der Waals surface area contributed by atoms with Crippen LogP contribution in [-0.4, -0.2) is 4.98 Å². The number of rotatable bonds is 1. The zero-order chi connectivity index (χ0) is 12.5. The maximum absolute atomic E-state index is 6.03. The smallest absolute Gasteiger partial charge is 0.0682 e. The first-order valence-electron chi connectivity index (χ1n) is 5.93. The maximum atomic E-state index is 6.03. The lowest BCUT2D eigenvalue weighted by Gasteiger charge is -2.16. The summed E-state index contributed by atoms with van der Waals surface area (Å²) in [7, 11) is 0. The molecule has 2 N–H and O–H groups in total. The van der Waals surface area contributed by atoms with Crippen molar-refractivity contribution in [1.82, 2.24) is 4.98 Å². The first-order valence-corrected chi connectivity index (χ1v) is 6.31. The predicted molar refractivity (Wildman–Crippen MR) is 76.3 cm³/mol. The molecule has 0 saturated heterocycles. The molecule has 1 aliphatic carbocycles. The zero-order valence-electron chi connectivity index (χ0n) is 9.86. The second-order valence-electron chi connectivity index (χ2n) is 4.49. The van der Waals surface area contributed by atoms with Crippen molar-refractivity contribution in [3.63, 3.8) is 0 Å². The third-order valence-corrected chi connectivity index (χ3v) is 3.45. The molecule has 18 heavy (non-hydrogen) atoms. The van der Waals surface area contributed by atoms with Crippen LogP contribution in [-0.2, 0) is 6.42 Å². The van der Waals surface area contributed by atoms with Gasteiger partial charge in [-0.2, -0.15) is 0 Å². The van der Waals surface area contributed by atoms with Gasteiger partial charge in [-0.15, -0.1) is 0 Å². The molecule has 2 nitrogen and oxygen atoms in total. The Morgan fingerprint density at radius 1 is 1.11 bits per heavy atom. The number of allylic oxidation sites excluding steroid dienone is 1. The molecule has 0 spiro atoms. The first kappa shape index (κ1) is 11.3. The van der Waals surface area contributed by atoms with Crippen molar-refractivity contribution in [1.29, 1.82) is 0 Å². The average Bonchev–Trinajstić information content (AvgIpc) is 2.38. The average molecular weight is 257 g/mol. The molecule has 0 unspecified atom stereocenters. The van der Waals surface area contributed by atoms with Crippen molar-refractivity contribution >= 4 is 28.9 Å². The van der Waals surface area contributed by atoms with Crippen LogP contribution in [0.2, 0.25) is 5.02 Å². The van der Waals surface area contributed by atoms with E-state index in [9.17, 15) is 0 Å². The molecule has 1 aromatic carbocycles. The number of hydrogen-bond donors (Lipinski definition) is 1. The van der Waals surface area contributed by atoms with Gasteiger partial charge < -0.3 is 5.73 Å². The van der Waals surface area contributed by atoms with Crippen molar-refractivity contribution in [2.75, 3.05) is 5.73 Å². The summed E-state index contributed by atoms with van der Waals surface area (Å²) in [6.07, 6.45) is 5.92. The van der Waals surface area contributed by atoms with E-state index in [-0.39, 0.29) is 0 Å². The zero-order valence-corrected chi connectivity index (χ0v) is 10.6. The lowest BCUT2D eigenvalue weighted by atomic mass is 9.90. The van der Waals surface area contributed by atoms with Gasteiger partial charge in [-0.05, 0) is 59.9 Å². The normalized spacial score (nSPS) is 13.9. The molecule has 0 amide bonds. The number of anilines is 1. The monoisotopic (exact) mass is 256 g/mol. The van der Waals surface area contributed by atoms with Crippen molar-refractivity contribution in [2.24, 2.45) is 0 Å². The van der Waals surface area contributed by atoms with Crippen molar-refractivity contribution < 1.29 is 0 Å². The van der Waals surface area contributed by atoms with Crippen LogP contribution in [0, 0.1) is 0 Å². The van der Waals surface area contributed by atoms with Gasteiger partial charge in [0.1, 0.15) is 0 Å². The molecule has 0 bridgehead atoms. The number of halogens is 1. The number of pyridine rings is 1. The lowest BCUT2D eigenvalue weighted by molar-refractivity contribution is 0.991. The van der Waals surface area contributed by atoms with Crippen LogP contribution < -0.4 is 5.73 Å². The minimum absolute atomic E-state index is 0.748. The van der Waals surface area contributed by atoms with E-state index < -0.39 is 0 Å². The Labute approximate surface area is 111 Å². The summed E-state index contributed by atoms with van der Waals surface area (Å²) >= 11 is 6.03. The van der Waals surface area contributed by atoms with Gasteiger partial charge in [-0.25, -0.2) is 0 Å². The molecule has 0 saturated carbocycles. The molecule has 1 heterocycles. The molecule has 0 aliphatic heterocycles. The fraction of sp³-hybridized carbons (Fsp3) is 0.133. The summed E-state index contributed by atoms with van der Waals surface area (Å²) in [5, 5.41) is 0.770. The van der Waals surface area contributed by atoms with Gasteiger partial charge in [0.05, 0.1) is 5.69 Å². The third-order valence-electron chi connectivity index (χ3n) is 3.21. The van der Waals surface area contributed by atoms with Crippen LogP contribution in [0.4, 0.5) is 5.69 Å². The molecule has 3 rings (SSSR count). The van der Waals surface area contributed by atoms with Gasteiger partial charge in [0, 0.05) is 16.9 Å². The van der Waals surface area contributed by atoms with Crippen molar-refractivity contribution in [3.05, 3.63) is 58.4 Å². The first-order chi connectivity index (χ1) is 8.72. The summed E-state index contributed by atoms with van der Waals surface area (Å²) < 4.78 is 0. The molecule has 90 valence electrons. The fourth-order valence-electron chi connectivity index (χ4n) is 2.28. The van der Waals surface area contributed by atoms with Gasteiger partial charge in [0.15, 0.2) is 0 Å². The minimum Gasteiger partial charge on any atom is -0.399 e. The van der Waals surface area contributed by atoms with E-state index in [1.165, 1.54) is 16.7 Å². The van der Waals surface area contributed by atoms with Crippen LogP contribution in [0.1, 0.15) is 23.2 Å². The lowest BCUT2D eigenvalue weighted by Crippen LogP contribution is -2.01. The topological polar surface area (TPSA) is 38.9 Å². The van der Waals surface area contributed by atoms with Crippen molar-refractivity contribution in [3.8, 4) is 0 Å². The highest BCUT2D eigenvalue weighted by Crippen LogP contribution is 2.31. The molecule has 0 atom stereocenters. The van der Waals surface area contributed by atoms with E-state index in [1.807, 2.05) is 18.2 Å². The molecular weight excluding hydrogens is 244 g/mol. The van der Waals surface area contributed by atoms with Crippen LogP contribution in [0.25, 0.3) is 11.6 Å². The van der Waals surface area contributed by atoms with Gasteiger partial charge in [-0.3, -0.25) is 4.98 Å². The van der Waals surface area contributed by atoms with E-state index in [0.717, 1.165) is 29.2 Å². The molecule has 3 heteroatoms. The molecule has 1 aliphatic rings. The van der Waals surface area contributed by atoms with Gasteiger partial charge >= 0.3 is 0 Å². The number of nitrogen functional groups attached to an aromatic ring is 1. The summed E-state index contributed by atoms with van der Waals surface area (Å²) in [6.45, 7) is 0. The SMILES string of the molecule is Nc1ccnc(C2=Cc3cc(Cl)ccc3CC2)c1. The van der Waals surface area contributed by atoms with Crippen LogP contribution in [0.5, 0.6) is 0 Å². The number of aryl methyl sites for hydroxylation is 1. The predicted octanol–water partition coefficient (Wildman–Crippen LogP) is 3.80. The van der Waals surface area contributed by atoms with Crippen LogP contribution in [0.3, 0.4) is 0 Å². The maximum Gasteiger partial charge on any atom is 0.0682 e. The largest absolute Gasteiger partial charge is 0.399 e. The van der Waals surface area contributed by atoms with Crippen LogP contribution >= 0.6 is 11.6 Å². The summed E-state index contributed by atoms with van der Waals surface area (Å²) in [4.78, 5) is 4.38. The fourth-order valence-corrected chi connectivity index (χ4v) is 2.46. The summed E-state index contributed by atoms with van der Waals surface area (Å²) in [6, 6.07) is 9.76. The molecule has 0 radical (unpaired) electrons. The Hall–Kier alpha value is -1.80. The highest BCUT2D eigenvalue weighted by molar-refractivity contribution is 6.30. The Balaban J connectivity index is 2.05. The van der Waals surface area contributed by atoms with E-state index >= 15 is 0 Å². The summed E-state index contributed by atoms with van der Waals surface area (Å²) in [5.41, 5.74) is 11.2. The minimum atomic E-state index is 0.748. The highest BCUT2D eigenvalue weighted by Gasteiger charge is 2.13. The van der Waals surface area contributed by atoms with E-state index in [1.54, 1.807) is 12.3 Å². The van der Waals surface area contributed by atoms with E-state index in [0.29, 0.717) is 0 Å². The van der Waals surface area contributed by atoms with Crippen molar-refractivity contribution in [2.45, 2.75) is 12.8 Å². The second kappa shape index (κ2) is 4.46. The van der Waals surface area contributed by atoms with Gasteiger partial charge in [0.2, 0.25) is 0 Å². The Kier molecular flexibility index (Phi) is 2.80. The molecule has 1 aromatic heterocycles. The van der Waals surface area contributed by atoms with Gasteiger partial charge in [0.25, 0.3) is 0 Å². The number of fused-ring (bicyclic) bond motifs is 1. The quantitative estimate of drug-likeness (QED) is 0.843. The Morgan fingerprint density at radius 3 is 2.83 bits per heavy atom. The Bertz CT molecular complexity index is 632. The molecule has 0 fully saturated rings. The van der Waals surface area contributed by atoms with E-state index in [4.69, 9.17) is 17.3 Å². The third kappa shape index (κ3) is 2.12. The summed E-state index contributed by atoms with van der Waals surface area (Å²) in [5.74, 6) is 0. The number of hydrogen-bond acceptors (Lipinski definition) is 2. The van der Waals surface area contributed by atoms with E-state index in [2.05, 4.69) is 17.1 Å². The molecular formula is C15H13ClN2. The standard InChI is InChI=1S/C15H13ClN2/c16-13-4-3-10-1-2-11(7-12(10)8-13)15-9-14(17)5-6-18-15/h3-9H,1-2H2,(H2,17,18). The van der Waals surface area contributed by atoms with Crippen LogP contribution in [0.15, 0.2) is 36.5 Å². The number of aromatic nitrogens is 1.